The third-order valence-corrected chi connectivity index (χ3v) is 4.95. The van der Waals surface area contributed by atoms with Crippen LogP contribution in [0, 0.1) is 13.8 Å². The molecule has 3 aromatic carbocycles. The minimum absolute atomic E-state index is 0.260. The van der Waals surface area contributed by atoms with Crippen LogP contribution in [0.4, 0.5) is 0 Å². The van der Waals surface area contributed by atoms with Gasteiger partial charge < -0.3 is 10.1 Å². The number of hydrogen-bond acceptors (Lipinski definition) is 4. The fourth-order valence-corrected chi connectivity index (χ4v) is 3.23. The van der Waals surface area contributed by atoms with Crippen LogP contribution < -0.4 is 5.32 Å². The van der Waals surface area contributed by atoms with Crippen molar-refractivity contribution in [2.45, 2.75) is 26.3 Å². The van der Waals surface area contributed by atoms with Gasteiger partial charge in [-0.05, 0) is 43.2 Å². The second-order valence-electron chi connectivity index (χ2n) is 7.43. The summed E-state index contributed by atoms with van der Waals surface area (Å²) in [6.07, 6.45) is 0.260. The predicted octanol–water partition coefficient (Wildman–Crippen LogP) is 4.07. The Balaban J connectivity index is 1.71. The SMILES string of the molecule is Cc1ccc(C)c(C(=O)COC(=O)[C@H](Cc2ccccc2)NC(=O)c2ccccc2)c1. The zero-order valence-electron chi connectivity index (χ0n) is 17.6. The number of carbonyl (C=O) groups is 3. The maximum Gasteiger partial charge on any atom is 0.329 e. The van der Waals surface area contributed by atoms with E-state index < -0.39 is 12.0 Å². The van der Waals surface area contributed by atoms with E-state index in [1.54, 1.807) is 30.3 Å². The Bertz CT molecular complexity index is 1060. The first-order chi connectivity index (χ1) is 14.9. The summed E-state index contributed by atoms with van der Waals surface area (Å²) in [5.74, 6) is -1.30. The summed E-state index contributed by atoms with van der Waals surface area (Å²) in [5, 5.41) is 2.74. The van der Waals surface area contributed by atoms with Crippen molar-refractivity contribution in [3.63, 3.8) is 0 Å². The van der Waals surface area contributed by atoms with Crippen LogP contribution in [-0.4, -0.2) is 30.3 Å². The van der Waals surface area contributed by atoms with Crippen molar-refractivity contribution in [2.75, 3.05) is 6.61 Å². The molecule has 0 unspecified atom stereocenters. The zero-order valence-corrected chi connectivity index (χ0v) is 17.6. The molecule has 0 fully saturated rings. The summed E-state index contributed by atoms with van der Waals surface area (Å²) in [6.45, 7) is 3.36. The number of aryl methyl sites for hydroxylation is 2. The van der Waals surface area contributed by atoms with E-state index in [0.717, 1.165) is 16.7 Å². The molecule has 3 rings (SSSR count). The van der Waals surface area contributed by atoms with Crippen LogP contribution in [0.15, 0.2) is 78.9 Å². The van der Waals surface area contributed by atoms with Crippen molar-refractivity contribution >= 4 is 17.7 Å². The number of benzene rings is 3. The van der Waals surface area contributed by atoms with Gasteiger partial charge in [0.05, 0.1) is 0 Å². The quantitative estimate of drug-likeness (QED) is 0.445. The van der Waals surface area contributed by atoms with Crippen LogP contribution in [0.3, 0.4) is 0 Å². The van der Waals surface area contributed by atoms with E-state index in [2.05, 4.69) is 5.32 Å². The van der Waals surface area contributed by atoms with Crippen molar-refractivity contribution < 1.29 is 19.1 Å². The number of carbonyl (C=O) groups excluding carboxylic acids is 3. The summed E-state index contributed by atoms with van der Waals surface area (Å²) in [4.78, 5) is 38.0. The normalized spacial score (nSPS) is 11.4. The van der Waals surface area contributed by atoms with Gasteiger partial charge in [0.2, 0.25) is 5.78 Å². The molecule has 1 amide bonds. The first kappa shape index (κ1) is 22.0. The summed E-state index contributed by atoms with van der Waals surface area (Å²) < 4.78 is 5.32. The lowest BCUT2D eigenvalue weighted by Crippen LogP contribution is -2.43. The third kappa shape index (κ3) is 6.12. The minimum Gasteiger partial charge on any atom is -0.456 e. The lowest BCUT2D eigenvalue weighted by molar-refractivity contribution is -0.144. The van der Waals surface area contributed by atoms with E-state index in [9.17, 15) is 14.4 Å². The topological polar surface area (TPSA) is 72.5 Å². The molecule has 31 heavy (non-hydrogen) atoms. The molecule has 0 aliphatic rings. The zero-order chi connectivity index (χ0) is 22.2. The lowest BCUT2D eigenvalue weighted by atomic mass is 10.0. The first-order valence-electron chi connectivity index (χ1n) is 10.1. The maximum absolute atomic E-state index is 12.8. The van der Waals surface area contributed by atoms with E-state index in [0.29, 0.717) is 11.1 Å². The fraction of sp³-hybridized carbons (Fsp3) is 0.192. The van der Waals surface area contributed by atoms with Gasteiger partial charge in [-0.15, -0.1) is 0 Å². The highest BCUT2D eigenvalue weighted by molar-refractivity contribution is 6.00. The Morgan fingerprint density at radius 2 is 1.52 bits per heavy atom. The smallest absolute Gasteiger partial charge is 0.329 e. The number of amides is 1. The Morgan fingerprint density at radius 3 is 2.19 bits per heavy atom. The van der Waals surface area contributed by atoms with Crippen molar-refractivity contribution in [1.29, 1.82) is 0 Å². The summed E-state index contributed by atoms with van der Waals surface area (Å²) in [6, 6.07) is 22.7. The molecule has 158 valence electrons. The van der Waals surface area contributed by atoms with Crippen molar-refractivity contribution in [2.24, 2.45) is 0 Å². The highest BCUT2D eigenvalue weighted by atomic mass is 16.5. The van der Waals surface area contributed by atoms with Crippen LogP contribution in [-0.2, 0) is 16.0 Å². The van der Waals surface area contributed by atoms with E-state index in [1.807, 2.05) is 62.4 Å². The Hall–Kier alpha value is -3.73. The third-order valence-electron chi connectivity index (χ3n) is 4.95. The first-order valence-corrected chi connectivity index (χ1v) is 10.1. The molecule has 0 aliphatic heterocycles. The van der Waals surface area contributed by atoms with Gasteiger partial charge >= 0.3 is 5.97 Å². The minimum atomic E-state index is -0.915. The number of ketones is 1. The van der Waals surface area contributed by atoms with Gasteiger partial charge in [-0.25, -0.2) is 4.79 Å². The molecular formula is C26H25NO4. The fourth-order valence-electron chi connectivity index (χ4n) is 3.23. The second-order valence-corrected chi connectivity index (χ2v) is 7.43. The van der Waals surface area contributed by atoms with Crippen molar-refractivity contribution in [1.82, 2.24) is 5.32 Å². The molecule has 0 aromatic heterocycles. The number of Topliss-reactive ketones (excluding diaryl/α,β-unsaturated/α-hetero) is 1. The monoisotopic (exact) mass is 415 g/mol. The second kappa shape index (κ2) is 10.3. The largest absolute Gasteiger partial charge is 0.456 e. The van der Waals surface area contributed by atoms with E-state index in [1.165, 1.54) is 0 Å². The predicted molar refractivity (Wildman–Crippen MR) is 119 cm³/mol. The Kier molecular flexibility index (Phi) is 7.33. The van der Waals surface area contributed by atoms with Crippen LogP contribution in [0.25, 0.3) is 0 Å². The van der Waals surface area contributed by atoms with Crippen LogP contribution >= 0.6 is 0 Å². The molecule has 3 aromatic rings. The van der Waals surface area contributed by atoms with Gasteiger partial charge in [-0.2, -0.15) is 0 Å². The number of ether oxygens (including phenoxy) is 1. The van der Waals surface area contributed by atoms with E-state index in [4.69, 9.17) is 4.74 Å². The van der Waals surface area contributed by atoms with Gasteiger partial charge in [0.15, 0.2) is 6.61 Å². The summed E-state index contributed by atoms with van der Waals surface area (Å²) >= 11 is 0. The number of hydrogen-bond donors (Lipinski definition) is 1. The van der Waals surface area contributed by atoms with Gasteiger partial charge in [-0.1, -0.05) is 66.2 Å². The molecule has 1 atom stereocenters. The van der Waals surface area contributed by atoms with Crippen molar-refractivity contribution in [3.8, 4) is 0 Å². The molecule has 5 nitrogen and oxygen atoms in total. The molecule has 0 aliphatic carbocycles. The van der Waals surface area contributed by atoms with Crippen LogP contribution in [0.2, 0.25) is 0 Å². The summed E-state index contributed by atoms with van der Waals surface area (Å²) in [5.41, 5.74) is 3.63. The molecule has 1 N–H and O–H groups in total. The molecule has 0 saturated carbocycles. The van der Waals surface area contributed by atoms with Crippen LogP contribution in [0.5, 0.6) is 0 Å². The molecule has 0 saturated heterocycles. The molecular weight excluding hydrogens is 390 g/mol. The van der Waals surface area contributed by atoms with E-state index in [-0.39, 0.29) is 24.7 Å². The lowest BCUT2D eigenvalue weighted by Gasteiger charge is -2.18. The average molecular weight is 415 g/mol. The standard InChI is InChI=1S/C26H25NO4/c1-18-13-14-19(2)22(15-18)24(28)17-31-26(30)23(16-20-9-5-3-6-10-20)27-25(29)21-11-7-4-8-12-21/h3-15,23H,16-17H2,1-2H3,(H,27,29)/t23-/m0/s1. The van der Waals surface area contributed by atoms with Gasteiger partial charge in [0, 0.05) is 17.5 Å². The average Bonchev–Trinajstić information content (AvgIpc) is 2.79. The van der Waals surface area contributed by atoms with Gasteiger partial charge in [0.25, 0.3) is 5.91 Å². The Morgan fingerprint density at radius 1 is 0.871 bits per heavy atom. The summed E-state index contributed by atoms with van der Waals surface area (Å²) in [7, 11) is 0. The Labute approximate surface area is 182 Å². The number of rotatable bonds is 8. The van der Waals surface area contributed by atoms with Crippen molar-refractivity contribution in [3.05, 3.63) is 107 Å². The number of nitrogens with one attached hydrogen (secondary N) is 1. The van der Waals surface area contributed by atoms with Crippen LogP contribution in [0.1, 0.15) is 37.4 Å². The maximum atomic E-state index is 12.8. The van der Waals surface area contributed by atoms with Gasteiger partial charge in [-0.3, -0.25) is 9.59 Å². The molecule has 0 bridgehead atoms. The molecule has 0 spiro atoms. The molecule has 0 heterocycles. The van der Waals surface area contributed by atoms with E-state index >= 15 is 0 Å². The highest BCUT2D eigenvalue weighted by Gasteiger charge is 2.24. The van der Waals surface area contributed by atoms with Gasteiger partial charge in [0.1, 0.15) is 6.04 Å². The molecule has 5 heteroatoms. The highest BCUT2D eigenvalue weighted by Crippen LogP contribution is 2.12. The molecule has 0 radical (unpaired) electrons. The number of esters is 1.